The highest BCUT2D eigenvalue weighted by Crippen LogP contribution is 2.23. The molecule has 3 N–H and O–H groups in total. The molecule has 0 heterocycles. The van der Waals surface area contributed by atoms with Crippen molar-refractivity contribution in [3.05, 3.63) is 89.0 Å². The van der Waals surface area contributed by atoms with E-state index >= 15 is 0 Å². The van der Waals surface area contributed by atoms with Crippen LogP contribution in [-0.4, -0.2) is 29.0 Å². The number of hydrogen-bond donors (Lipinski definition) is 3. The highest BCUT2D eigenvalue weighted by atomic mass is 32.2. The summed E-state index contributed by atoms with van der Waals surface area (Å²) in [5.41, 5.74) is 2.86. The smallest absolute Gasteiger partial charge is 0.255 e. The molecule has 1 amide bonds. The predicted octanol–water partition coefficient (Wildman–Crippen LogP) is 3.41. The summed E-state index contributed by atoms with van der Waals surface area (Å²) in [5, 5.41) is 2.68. The molecule has 0 aliphatic carbocycles. The van der Waals surface area contributed by atoms with E-state index in [1.807, 2.05) is 30.3 Å². The van der Waals surface area contributed by atoms with Crippen LogP contribution in [0.3, 0.4) is 0 Å². The van der Waals surface area contributed by atoms with E-state index in [0.717, 1.165) is 11.8 Å². The molecule has 3 aromatic rings. The number of hydrogen-bond acceptors (Lipinski definition) is 5. The molecule has 0 aliphatic rings. The number of carbonyl (C=O) groups is 1. The number of aryl methyl sites for hydroxylation is 2. The number of benzene rings is 3. The summed E-state index contributed by atoms with van der Waals surface area (Å²) in [4.78, 5) is 12.8. The lowest BCUT2D eigenvalue weighted by Gasteiger charge is -2.13. The lowest BCUT2D eigenvalue weighted by atomic mass is 10.1. The molecule has 33 heavy (non-hydrogen) atoms. The Hall–Kier alpha value is -3.21. The molecule has 0 saturated carbocycles. The molecular weight excluding hydrogens is 462 g/mol. The van der Waals surface area contributed by atoms with Gasteiger partial charge in [0.15, 0.2) is 0 Å². The molecule has 3 rings (SSSR count). The lowest BCUT2D eigenvalue weighted by Crippen LogP contribution is -2.24. The van der Waals surface area contributed by atoms with Crippen molar-refractivity contribution in [2.45, 2.75) is 25.3 Å². The topological polar surface area (TPSA) is 121 Å². The zero-order valence-electron chi connectivity index (χ0n) is 18.4. The molecular formula is C23H25N3O5S2. The summed E-state index contributed by atoms with van der Waals surface area (Å²) in [6.45, 7) is 3.51. The van der Waals surface area contributed by atoms with Crippen LogP contribution in [-0.2, 0) is 26.6 Å². The fourth-order valence-corrected chi connectivity index (χ4v) is 5.00. The van der Waals surface area contributed by atoms with E-state index in [9.17, 15) is 21.6 Å². The van der Waals surface area contributed by atoms with Gasteiger partial charge in [-0.25, -0.2) is 21.6 Å². The minimum atomic E-state index is -3.86. The minimum absolute atomic E-state index is 0.00872. The Morgan fingerprint density at radius 2 is 1.52 bits per heavy atom. The second-order valence-electron chi connectivity index (χ2n) is 7.65. The first-order valence-electron chi connectivity index (χ1n) is 9.99. The highest BCUT2D eigenvalue weighted by molar-refractivity contribution is 7.92. The molecule has 0 aliphatic heterocycles. The Morgan fingerprint density at radius 3 is 2.18 bits per heavy atom. The van der Waals surface area contributed by atoms with E-state index < -0.39 is 26.0 Å². The van der Waals surface area contributed by atoms with Gasteiger partial charge in [-0.05, 0) is 54.8 Å². The fraction of sp³-hybridized carbons (Fsp3) is 0.174. The Kier molecular flexibility index (Phi) is 7.21. The van der Waals surface area contributed by atoms with Gasteiger partial charge in [-0.15, -0.1) is 0 Å². The van der Waals surface area contributed by atoms with Crippen molar-refractivity contribution in [3.63, 3.8) is 0 Å². The molecule has 0 radical (unpaired) electrons. The van der Waals surface area contributed by atoms with Gasteiger partial charge >= 0.3 is 0 Å². The first-order valence-corrected chi connectivity index (χ1v) is 13.4. The maximum atomic E-state index is 12.9. The molecule has 0 aromatic heterocycles. The van der Waals surface area contributed by atoms with E-state index in [1.165, 1.54) is 18.2 Å². The number of rotatable bonds is 8. The van der Waals surface area contributed by atoms with E-state index in [0.29, 0.717) is 22.5 Å². The monoisotopic (exact) mass is 487 g/mol. The van der Waals surface area contributed by atoms with Gasteiger partial charge in [0.1, 0.15) is 0 Å². The summed E-state index contributed by atoms with van der Waals surface area (Å²) in [6.07, 6.45) is 1.04. The first kappa shape index (κ1) is 24.4. The maximum absolute atomic E-state index is 12.9. The molecule has 0 spiro atoms. The average molecular weight is 488 g/mol. The van der Waals surface area contributed by atoms with Crippen LogP contribution in [0.15, 0.2) is 71.6 Å². The maximum Gasteiger partial charge on any atom is 0.255 e. The van der Waals surface area contributed by atoms with Crippen LogP contribution in [0.4, 0.5) is 11.4 Å². The number of sulfonamides is 2. The standard InChI is InChI=1S/C23H25N3O5S2/c1-16-10-12-20(14-21(16)26-32(3,28)29)25-23(27)19-11-9-17(2)22(13-19)33(30,31)24-15-18-7-5-4-6-8-18/h4-14,24,26H,15H2,1-3H3,(H,25,27). The summed E-state index contributed by atoms with van der Waals surface area (Å²) in [7, 11) is -7.34. The molecule has 0 unspecified atom stereocenters. The third kappa shape index (κ3) is 6.64. The summed E-state index contributed by atoms with van der Waals surface area (Å²) in [6, 6.07) is 18.3. The fourth-order valence-electron chi connectivity index (χ4n) is 3.10. The number of anilines is 2. The van der Waals surface area contributed by atoms with E-state index in [2.05, 4.69) is 14.8 Å². The molecule has 0 atom stereocenters. The first-order chi connectivity index (χ1) is 15.4. The van der Waals surface area contributed by atoms with Crippen LogP contribution >= 0.6 is 0 Å². The van der Waals surface area contributed by atoms with Gasteiger partial charge in [0.2, 0.25) is 20.0 Å². The van der Waals surface area contributed by atoms with Crippen molar-refractivity contribution >= 4 is 37.3 Å². The SMILES string of the molecule is Cc1ccc(NC(=O)c2ccc(C)c(S(=O)(=O)NCc3ccccc3)c2)cc1NS(C)(=O)=O. The number of nitrogens with one attached hydrogen (secondary N) is 3. The van der Waals surface area contributed by atoms with Crippen LogP contribution in [0.25, 0.3) is 0 Å². The Bertz CT molecular complexity index is 1390. The summed E-state index contributed by atoms with van der Waals surface area (Å²) >= 11 is 0. The molecule has 3 aromatic carbocycles. The van der Waals surface area contributed by atoms with Gasteiger partial charge in [-0.3, -0.25) is 9.52 Å². The van der Waals surface area contributed by atoms with Crippen molar-refractivity contribution in [1.82, 2.24) is 4.72 Å². The van der Waals surface area contributed by atoms with Gasteiger partial charge in [0.05, 0.1) is 16.8 Å². The van der Waals surface area contributed by atoms with Crippen LogP contribution < -0.4 is 14.8 Å². The van der Waals surface area contributed by atoms with Gasteiger partial charge < -0.3 is 5.32 Å². The van der Waals surface area contributed by atoms with Gasteiger partial charge in [0, 0.05) is 17.8 Å². The van der Waals surface area contributed by atoms with Crippen LogP contribution in [0.1, 0.15) is 27.0 Å². The van der Waals surface area contributed by atoms with Crippen LogP contribution in [0.5, 0.6) is 0 Å². The zero-order chi connectivity index (χ0) is 24.2. The van der Waals surface area contributed by atoms with Crippen molar-refractivity contribution in [2.24, 2.45) is 0 Å². The predicted molar refractivity (Wildman–Crippen MR) is 129 cm³/mol. The molecule has 0 saturated heterocycles. The van der Waals surface area contributed by atoms with Gasteiger partial charge in [-0.1, -0.05) is 42.5 Å². The molecule has 0 fully saturated rings. The van der Waals surface area contributed by atoms with E-state index in [-0.39, 0.29) is 17.0 Å². The largest absolute Gasteiger partial charge is 0.322 e. The quantitative estimate of drug-likeness (QED) is 0.450. The Labute approximate surface area is 194 Å². The van der Waals surface area contributed by atoms with Crippen molar-refractivity contribution in [1.29, 1.82) is 0 Å². The van der Waals surface area contributed by atoms with Crippen LogP contribution in [0.2, 0.25) is 0 Å². The summed E-state index contributed by atoms with van der Waals surface area (Å²) < 4.78 is 53.8. The van der Waals surface area contributed by atoms with Crippen molar-refractivity contribution in [2.75, 3.05) is 16.3 Å². The summed E-state index contributed by atoms with van der Waals surface area (Å²) in [5.74, 6) is -0.524. The second-order valence-corrected chi connectivity index (χ2v) is 11.1. The van der Waals surface area contributed by atoms with E-state index in [4.69, 9.17) is 0 Å². The number of carbonyl (C=O) groups excluding carboxylic acids is 1. The Morgan fingerprint density at radius 1 is 0.848 bits per heavy atom. The second kappa shape index (κ2) is 9.74. The normalized spacial score (nSPS) is 11.7. The van der Waals surface area contributed by atoms with Gasteiger partial charge in [-0.2, -0.15) is 0 Å². The van der Waals surface area contributed by atoms with Crippen LogP contribution in [0, 0.1) is 13.8 Å². The zero-order valence-corrected chi connectivity index (χ0v) is 20.0. The highest BCUT2D eigenvalue weighted by Gasteiger charge is 2.19. The third-order valence-electron chi connectivity index (χ3n) is 4.84. The number of amides is 1. The molecule has 174 valence electrons. The molecule has 10 heteroatoms. The average Bonchev–Trinajstić information content (AvgIpc) is 2.74. The molecule has 8 nitrogen and oxygen atoms in total. The Balaban J connectivity index is 1.81. The minimum Gasteiger partial charge on any atom is -0.322 e. The van der Waals surface area contributed by atoms with Crippen molar-refractivity contribution in [3.8, 4) is 0 Å². The molecule has 0 bridgehead atoms. The van der Waals surface area contributed by atoms with Crippen molar-refractivity contribution < 1.29 is 21.6 Å². The van der Waals surface area contributed by atoms with E-state index in [1.54, 1.807) is 32.0 Å². The third-order valence-corrected chi connectivity index (χ3v) is 6.97. The van der Waals surface area contributed by atoms with Gasteiger partial charge in [0.25, 0.3) is 5.91 Å². The lowest BCUT2D eigenvalue weighted by molar-refractivity contribution is 0.102.